The van der Waals surface area contributed by atoms with Crippen LogP contribution in [0.15, 0.2) is 12.1 Å². The van der Waals surface area contributed by atoms with Gasteiger partial charge in [-0.05, 0) is 37.7 Å². The maximum atomic E-state index is 6.37. The topological polar surface area (TPSA) is 35.2 Å². The summed E-state index contributed by atoms with van der Waals surface area (Å²) < 4.78 is 5.50. The molecule has 16 heavy (non-hydrogen) atoms. The first-order valence-corrected chi connectivity index (χ1v) is 5.88. The molecule has 1 aromatic carbocycles. The molecule has 1 aliphatic rings. The molecule has 1 unspecified atom stereocenters. The van der Waals surface area contributed by atoms with Crippen LogP contribution in [0.1, 0.15) is 42.5 Å². The van der Waals surface area contributed by atoms with Crippen molar-refractivity contribution >= 4 is 0 Å². The smallest absolute Gasteiger partial charge is 0.126 e. The Balaban J connectivity index is 2.46. The summed E-state index contributed by atoms with van der Waals surface area (Å²) in [6.07, 6.45) is 2.45. The molecule has 1 fully saturated rings. The van der Waals surface area contributed by atoms with Crippen molar-refractivity contribution in [3.05, 3.63) is 28.8 Å². The van der Waals surface area contributed by atoms with Gasteiger partial charge in [-0.2, -0.15) is 0 Å². The molecule has 2 nitrogen and oxygen atoms in total. The third-order valence-corrected chi connectivity index (χ3v) is 3.78. The summed E-state index contributed by atoms with van der Waals surface area (Å²) >= 11 is 0. The molecule has 0 aliphatic heterocycles. The Morgan fingerprint density at radius 3 is 2.44 bits per heavy atom. The van der Waals surface area contributed by atoms with Gasteiger partial charge in [-0.15, -0.1) is 0 Å². The van der Waals surface area contributed by atoms with Crippen molar-refractivity contribution in [3.63, 3.8) is 0 Å². The second-order valence-corrected chi connectivity index (χ2v) is 5.34. The Morgan fingerprint density at radius 2 is 1.94 bits per heavy atom. The summed E-state index contributed by atoms with van der Waals surface area (Å²) in [5.74, 6) is 0.964. The Kier molecular flexibility index (Phi) is 2.70. The highest BCUT2D eigenvalue weighted by Gasteiger charge is 2.44. The van der Waals surface area contributed by atoms with Gasteiger partial charge in [0.15, 0.2) is 0 Å². The van der Waals surface area contributed by atoms with Crippen molar-refractivity contribution < 1.29 is 4.74 Å². The molecule has 1 atom stereocenters. The van der Waals surface area contributed by atoms with E-state index in [1.807, 2.05) is 0 Å². The summed E-state index contributed by atoms with van der Waals surface area (Å²) in [5.41, 5.74) is 10.3. The molecule has 0 amide bonds. The fourth-order valence-corrected chi connectivity index (χ4v) is 2.38. The lowest BCUT2D eigenvalue weighted by atomic mass is 9.90. The molecule has 1 aliphatic carbocycles. The van der Waals surface area contributed by atoms with E-state index in [2.05, 4.69) is 32.9 Å². The SMILES string of the molecule is COc1c(C)cc(C)cc1C(N)C1(C)CC1. The minimum Gasteiger partial charge on any atom is -0.496 e. The fourth-order valence-electron chi connectivity index (χ4n) is 2.38. The predicted octanol–water partition coefficient (Wildman–Crippen LogP) is 3.11. The quantitative estimate of drug-likeness (QED) is 0.847. The van der Waals surface area contributed by atoms with E-state index in [1.54, 1.807) is 7.11 Å². The normalized spacial score (nSPS) is 19.3. The highest BCUT2D eigenvalue weighted by molar-refractivity contribution is 5.46. The Bertz CT molecular complexity index is 407. The Morgan fingerprint density at radius 1 is 1.31 bits per heavy atom. The Hall–Kier alpha value is -1.02. The van der Waals surface area contributed by atoms with Gasteiger partial charge in [0.2, 0.25) is 0 Å². The lowest BCUT2D eigenvalue weighted by Gasteiger charge is -2.23. The molecular weight excluding hydrogens is 198 g/mol. The third kappa shape index (κ3) is 1.82. The standard InChI is InChI=1S/C14H21NO/c1-9-7-10(2)12(16-4)11(8-9)13(15)14(3)5-6-14/h7-8,13H,5-6,15H2,1-4H3. The first kappa shape index (κ1) is 11.5. The number of methoxy groups -OCH3 is 1. The zero-order valence-corrected chi connectivity index (χ0v) is 10.6. The van der Waals surface area contributed by atoms with Crippen molar-refractivity contribution in [1.82, 2.24) is 0 Å². The number of hydrogen-bond acceptors (Lipinski definition) is 2. The molecule has 0 heterocycles. The van der Waals surface area contributed by atoms with Crippen LogP contribution in [0.2, 0.25) is 0 Å². The summed E-state index contributed by atoms with van der Waals surface area (Å²) in [5, 5.41) is 0. The highest BCUT2D eigenvalue weighted by atomic mass is 16.5. The largest absolute Gasteiger partial charge is 0.496 e. The molecule has 0 saturated heterocycles. The second kappa shape index (κ2) is 3.77. The minimum absolute atomic E-state index is 0.0982. The number of rotatable bonds is 3. The maximum absolute atomic E-state index is 6.37. The van der Waals surface area contributed by atoms with Crippen LogP contribution in [0.3, 0.4) is 0 Å². The van der Waals surface area contributed by atoms with Gasteiger partial charge >= 0.3 is 0 Å². The predicted molar refractivity (Wildman–Crippen MR) is 66.7 cm³/mol. The van der Waals surface area contributed by atoms with E-state index in [9.17, 15) is 0 Å². The van der Waals surface area contributed by atoms with E-state index in [0.717, 1.165) is 5.75 Å². The number of hydrogen-bond donors (Lipinski definition) is 1. The number of nitrogens with two attached hydrogens (primary N) is 1. The monoisotopic (exact) mass is 219 g/mol. The van der Waals surface area contributed by atoms with Gasteiger partial charge in [-0.1, -0.05) is 24.6 Å². The second-order valence-electron chi connectivity index (χ2n) is 5.34. The van der Waals surface area contributed by atoms with Crippen molar-refractivity contribution in [2.75, 3.05) is 7.11 Å². The van der Waals surface area contributed by atoms with Crippen molar-refractivity contribution in [1.29, 1.82) is 0 Å². The van der Waals surface area contributed by atoms with Crippen LogP contribution in [0, 0.1) is 19.3 Å². The molecule has 88 valence electrons. The van der Waals surface area contributed by atoms with Crippen LogP contribution in [0.5, 0.6) is 5.75 Å². The molecule has 0 bridgehead atoms. The van der Waals surface area contributed by atoms with E-state index in [4.69, 9.17) is 10.5 Å². The molecule has 2 N–H and O–H groups in total. The number of aryl methyl sites for hydroxylation is 2. The number of ether oxygens (including phenoxy) is 1. The highest BCUT2D eigenvalue weighted by Crippen LogP contribution is 2.54. The van der Waals surface area contributed by atoms with Gasteiger partial charge < -0.3 is 10.5 Å². The van der Waals surface area contributed by atoms with E-state index >= 15 is 0 Å². The lowest BCUT2D eigenvalue weighted by molar-refractivity contribution is 0.382. The van der Waals surface area contributed by atoms with E-state index in [1.165, 1.54) is 29.5 Å². The van der Waals surface area contributed by atoms with Gasteiger partial charge in [0.1, 0.15) is 5.75 Å². The molecule has 2 heteroatoms. The van der Waals surface area contributed by atoms with Crippen LogP contribution >= 0.6 is 0 Å². The Labute approximate surface area is 97.8 Å². The summed E-state index contributed by atoms with van der Waals surface area (Å²) in [4.78, 5) is 0. The number of benzene rings is 1. The van der Waals surface area contributed by atoms with Crippen LogP contribution in [-0.4, -0.2) is 7.11 Å². The van der Waals surface area contributed by atoms with Crippen molar-refractivity contribution in [3.8, 4) is 5.75 Å². The van der Waals surface area contributed by atoms with Crippen LogP contribution in [0.4, 0.5) is 0 Å². The average Bonchev–Trinajstić information content (AvgIpc) is 2.95. The van der Waals surface area contributed by atoms with Gasteiger partial charge in [0, 0.05) is 11.6 Å². The summed E-state index contributed by atoms with van der Waals surface area (Å²) in [6.45, 7) is 6.45. The molecule has 1 aromatic rings. The first-order chi connectivity index (χ1) is 7.48. The molecule has 0 spiro atoms. The van der Waals surface area contributed by atoms with Gasteiger partial charge in [-0.25, -0.2) is 0 Å². The zero-order chi connectivity index (χ0) is 11.9. The summed E-state index contributed by atoms with van der Waals surface area (Å²) in [6, 6.07) is 4.41. The molecular formula is C14H21NO. The average molecular weight is 219 g/mol. The van der Waals surface area contributed by atoms with Crippen molar-refractivity contribution in [2.24, 2.45) is 11.1 Å². The summed E-state index contributed by atoms with van der Waals surface area (Å²) in [7, 11) is 1.73. The van der Waals surface area contributed by atoms with Crippen LogP contribution in [0.25, 0.3) is 0 Å². The zero-order valence-electron chi connectivity index (χ0n) is 10.6. The maximum Gasteiger partial charge on any atom is 0.126 e. The molecule has 2 rings (SSSR count). The van der Waals surface area contributed by atoms with Crippen molar-refractivity contribution in [2.45, 2.75) is 39.7 Å². The van der Waals surface area contributed by atoms with Gasteiger partial charge in [-0.3, -0.25) is 0 Å². The van der Waals surface area contributed by atoms with Crippen LogP contribution in [-0.2, 0) is 0 Å². The van der Waals surface area contributed by atoms with E-state index in [-0.39, 0.29) is 11.5 Å². The molecule has 1 saturated carbocycles. The molecule has 0 radical (unpaired) electrons. The fraction of sp³-hybridized carbons (Fsp3) is 0.571. The van der Waals surface area contributed by atoms with E-state index < -0.39 is 0 Å². The van der Waals surface area contributed by atoms with Crippen LogP contribution < -0.4 is 10.5 Å². The minimum atomic E-state index is 0.0982. The van der Waals surface area contributed by atoms with E-state index in [0.29, 0.717) is 0 Å². The molecule has 0 aromatic heterocycles. The first-order valence-electron chi connectivity index (χ1n) is 5.88. The lowest BCUT2D eigenvalue weighted by Crippen LogP contribution is -2.21. The van der Waals surface area contributed by atoms with Gasteiger partial charge in [0.05, 0.1) is 7.11 Å². The third-order valence-electron chi connectivity index (χ3n) is 3.78. The van der Waals surface area contributed by atoms with Gasteiger partial charge in [0.25, 0.3) is 0 Å².